The van der Waals surface area contributed by atoms with Gasteiger partial charge in [0, 0.05) is 33.4 Å². The largest absolute Gasteiger partial charge is 0.389 e. The highest BCUT2D eigenvalue weighted by atomic mass is 16.5. The van der Waals surface area contributed by atoms with Crippen molar-refractivity contribution in [1.29, 1.82) is 0 Å². The molecule has 108 valence electrons. The van der Waals surface area contributed by atoms with E-state index in [-0.39, 0.29) is 0 Å². The van der Waals surface area contributed by atoms with Crippen molar-refractivity contribution < 1.29 is 9.84 Å². The second-order valence-electron chi connectivity index (χ2n) is 5.86. The molecule has 0 saturated carbocycles. The van der Waals surface area contributed by atoms with Gasteiger partial charge in [0.1, 0.15) is 0 Å². The molecule has 0 aromatic heterocycles. The molecular weight excluding hydrogens is 238 g/mol. The standard InChI is InChI=1S/C16H27NO2/c1-14-7-5-8-15(11-14)12-17(9-6-10-19-4)13-16(2,3)18/h5,7-8,11,18H,6,9-10,12-13H2,1-4H3. The average molecular weight is 265 g/mol. The summed E-state index contributed by atoms with van der Waals surface area (Å²) in [6.45, 7) is 9.05. The molecule has 0 radical (unpaired) electrons. The van der Waals surface area contributed by atoms with Crippen LogP contribution in [-0.4, -0.2) is 42.4 Å². The highest BCUT2D eigenvalue weighted by Gasteiger charge is 2.18. The molecule has 1 rings (SSSR count). The molecule has 1 aromatic carbocycles. The Morgan fingerprint density at radius 2 is 2.05 bits per heavy atom. The van der Waals surface area contributed by atoms with Crippen molar-refractivity contribution in [3.05, 3.63) is 35.4 Å². The summed E-state index contributed by atoms with van der Waals surface area (Å²) < 4.78 is 5.10. The van der Waals surface area contributed by atoms with Crippen LogP contribution in [-0.2, 0) is 11.3 Å². The lowest BCUT2D eigenvalue weighted by molar-refractivity contribution is 0.0306. The van der Waals surface area contributed by atoms with E-state index in [0.29, 0.717) is 6.54 Å². The first kappa shape index (κ1) is 16.2. The van der Waals surface area contributed by atoms with Crippen LogP contribution in [0.5, 0.6) is 0 Å². The smallest absolute Gasteiger partial charge is 0.0718 e. The van der Waals surface area contributed by atoms with Crippen LogP contribution in [0, 0.1) is 6.92 Å². The molecule has 0 aliphatic heterocycles. The van der Waals surface area contributed by atoms with Gasteiger partial charge < -0.3 is 9.84 Å². The first-order valence-corrected chi connectivity index (χ1v) is 6.90. The predicted octanol–water partition coefficient (Wildman–Crippen LogP) is 2.60. The number of ether oxygens (including phenoxy) is 1. The van der Waals surface area contributed by atoms with Gasteiger partial charge in [0.15, 0.2) is 0 Å². The van der Waals surface area contributed by atoms with Crippen LogP contribution in [0.2, 0.25) is 0 Å². The normalized spacial score (nSPS) is 12.1. The molecule has 0 bridgehead atoms. The van der Waals surface area contributed by atoms with E-state index in [0.717, 1.165) is 26.1 Å². The SMILES string of the molecule is COCCCN(Cc1cccc(C)c1)CC(C)(C)O. The number of aliphatic hydroxyl groups is 1. The zero-order valence-corrected chi connectivity index (χ0v) is 12.6. The number of nitrogens with zero attached hydrogens (tertiary/aromatic N) is 1. The monoisotopic (exact) mass is 265 g/mol. The molecule has 0 amide bonds. The third kappa shape index (κ3) is 7.31. The summed E-state index contributed by atoms with van der Waals surface area (Å²) in [5, 5.41) is 10.0. The molecule has 3 nitrogen and oxygen atoms in total. The lowest BCUT2D eigenvalue weighted by Gasteiger charge is -2.29. The van der Waals surface area contributed by atoms with E-state index < -0.39 is 5.60 Å². The number of methoxy groups -OCH3 is 1. The van der Waals surface area contributed by atoms with Gasteiger partial charge in [-0.05, 0) is 32.8 Å². The second kappa shape index (κ2) is 7.63. The molecular formula is C16H27NO2. The quantitative estimate of drug-likeness (QED) is 0.733. The van der Waals surface area contributed by atoms with Crippen LogP contribution >= 0.6 is 0 Å². The lowest BCUT2D eigenvalue weighted by Crippen LogP contribution is -2.39. The van der Waals surface area contributed by atoms with Gasteiger partial charge >= 0.3 is 0 Å². The van der Waals surface area contributed by atoms with Crippen molar-refractivity contribution in [3.8, 4) is 0 Å². The van der Waals surface area contributed by atoms with E-state index in [1.165, 1.54) is 11.1 Å². The molecule has 0 atom stereocenters. The van der Waals surface area contributed by atoms with E-state index in [1.54, 1.807) is 7.11 Å². The van der Waals surface area contributed by atoms with Crippen molar-refractivity contribution in [2.75, 3.05) is 26.8 Å². The fraction of sp³-hybridized carbons (Fsp3) is 0.625. The summed E-state index contributed by atoms with van der Waals surface area (Å²) in [5.74, 6) is 0. The maximum Gasteiger partial charge on any atom is 0.0718 e. The van der Waals surface area contributed by atoms with E-state index >= 15 is 0 Å². The van der Waals surface area contributed by atoms with Crippen molar-refractivity contribution in [2.24, 2.45) is 0 Å². The van der Waals surface area contributed by atoms with Gasteiger partial charge in [-0.25, -0.2) is 0 Å². The highest BCUT2D eigenvalue weighted by molar-refractivity contribution is 5.22. The minimum Gasteiger partial charge on any atom is -0.389 e. The molecule has 3 heteroatoms. The Morgan fingerprint density at radius 1 is 1.32 bits per heavy atom. The predicted molar refractivity (Wildman–Crippen MR) is 79.2 cm³/mol. The third-order valence-corrected chi connectivity index (χ3v) is 2.92. The molecule has 0 spiro atoms. The average Bonchev–Trinajstić information content (AvgIpc) is 2.27. The van der Waals surface area contributed by atoms with Gasteiger partial charge in [-0.2, -0.15) is 0 Å². The Labute approximate surface area is 117 Å². The third-order valence-electron chi connectivity index (χ3n) is 2.92. The number of rotatable bonds is 8. The van der Waals surface area contributed by atoms with E-state index in [9.17, 15) is 5.11 Å². The number of hydrogen-bond donors (Lipinski definition) is 1. The fourth-order valence-electron chi connectivity index (χ4n) is 2.26. The van der Waals surface area contributed by atoms with Gasteiger partial charge in [0.05, 0.1) is 5.60 Å². The van der Waals surface area contributed by atoms with Crippen LogP contribution in [0.25, 0.3) is 0 Å². The maximum absolute atomic E-state index is 10.0. The van der Waals surface area contributed by atoms with E-state index in [2.05, 4.69) is 36.1 Å². The van der Waals surface area contributed by atoms with E-state index in [1.807, 2.05) is 13.8 Å². The Balaban J connectivity index is 2.62. The number of hydrogen-bond acceptors (Lipinski definition) is 3. The minimum absolute atomic E-state index is 0.670. The van der Waals surface area contributed by atoms with E-state index in [4.69, 9.17) is 4.74 Å². The molecule has 0 fully saturated rings. The molecule has 0 unspecified atom stereocenters. The van der Waals surface area contributed by atoms with Crippen molar-refractivity contribution in [1.82, 2.24) is 4.90 Å². The second-order valence-corrected chi connectivity index (χ2v) is 5.86. The van der Waals surface area contributed by atoms with Crippen LogP contribution in [0.3, 0.4) is 0 Å². The van der Waals surface area contributed by atoms with Crippen LogP contribution < -0.4 is 0 Å². The molecule has 1 aromatic rings. The van der Waals surface area contributed by atoms with Crippen LogP contribution in [0.15, 0.2) is 24.3 Å². The summed E-state index contributed by atoms with van der Waals surface area (Å²) in [6.07, 6.45) is 0.985. The summed E-state index contributed by atoms with van der Waals surface area (Å²) in [5.41, 5.74) is 1.90. The van der Waals surface area contributed by atoms with Crippen molar-refractivity contribution >= 4 is 0 Å². The van der Waals surface area contributed by atoms with Gasteiger partial charge in [-0.15, -0.1) is 0 Å². The van der Waals surface area contributed by atoms with Gasteiger partial charge in [0.25, 0.3) is 0 Å². The van der Waals surface area contributed by atoms with Crippen LogP contribution in [0.4, 0.5) is 0 Å². The van der Waals surface area contributed by atoms with Crippen molar-refractivity contribution in [2.45, 2.75) is 39.3 Å². The Bertz CT molecular complexity index is 371. The summed E-state index contributed by atoms with van der Waals surface area (Å²) in [7, 11) is 1.72. The van der Waals surface area contributed by atoms with Crippen LogP contribution in [0.1, 0.15) is 31.4 Å². The Morgan fingerprint density at radius 3 is 2.63 bits per heavy atom. The zero-order chi connectivity index (χ0) is 14.3. The summed E-state index contributed by atoms with van der Waals surface area (Å²) in [6, 6.07) is 8.53. The first-order valence-electron chi connectivity index (χ1n) is 6.90. The molecule has 0 aliphatic carbocycles. The summed E-state index contributed by atoms with van der Waals surface area (Å²) >= 11 is 0. The highest BCUT2D eigenvalue weighted by Crippen LogP contribution is 2.12. The molecule has 0 aliphatic rings. The fourth-order valence-corrected chi connectivity index (χ4v) is 2.26. The van der Waals surface area contributed by atoms with Gasteiger partial charge in [-0.3, -0.25) is 4.90 Å². The Kier molecular flexibility index (Phi) is 6.49. The Hall–Kier alpha value is -0.900. The minimum atomic E-state index is -0.670. The number of aryl methyl sites for hydroxylation is 1. The van der Waals surface area contributed by atoms with Crippen molar-refractivity contribution in [3.63, 3.8) is 0 Å². The molecule has 0 heterocycles. The first-order chi connectivity index (χ1) is 8.90. The lowest BCUT2D eigenvalue weighted by atomic mass is 10.1. The number of benzene rings is 1. The topological polar surface area (TPSA) is 32.7 Å². The zero-order valence-electron chi connectivity index (χ0n) is 12.6. The molecule has 1 N–H and O–H groups in total. The maximum atomic E-state index is 10.0. The summed E-state index contributed by atoms with van der Waals surface area (Å²) in [4.78, 5) is 2.29. The molecule has 0 saturated heterocycles. The van der Waals surface area contributed by atoms with Gasteiger partial charge in [-0.1, -0.05) is 29.8 Å². The molecule has 19 heavy (non-hydrogen) atoms. The van der Waals surface area contributed by atoms with Gasteiger partial charge in [0.2, 0.25) is 0 Å².